The molecule has 0 atom stereocenters. The predicted molar refractivity (Wildman–Crippen MR) is 95.7 cm³/mol. The average Bonchev–Trinajstić information content (AvgIpc) is 3.05. The third kappa shape index (κ3) is 1.42. The first-order valence-corrected chi connectivity index (χ1v) is 9.84. The van der Waals surface area contributed by atoms with E-state index in [1.807, 2.05) is 45.3 Å². The highest BCUT2D eigenvalue weighted by Gasteiger charge is 2.14. The summed E-state index contributed by atoms with van der Waals surface area (Å²) in [5.41, 5.74) is 0. The summed E-state index contributed by atoms with van der Waals surface area (Å²) >= 11 is 11.1. The summed E-state index contributed by atoms with van der Waals surface area (Å²) < 4.78 is 9.83. The summed E-state index contributed by atoms with van der Waals surface area (Å²) in [4.78, 5) is 0. The summed E-state index contributed by atoms with van der Waals surface area (Å²) in [5, 5.41) is 5.03. The van der Waals surface area contributed by atoms with Gasteiger partial charge in [0.25, 0.3) is 0 Å². The Morgan fingerprint density at radius 3 is 2.32 bits per heavy atom. The maximum atomic E-state index is 3.59. The van der Waals surface area contributed by atoms with Crippen LogP contribution in [-0.2, 0) is 0 Å². The Bertz CT molecular complexity index is 1070. The first kappa shape index (κ1) is 11.2. The SMILES string of the molecule is Brc1cc2sc3c(ccc4c5sccc5sc43)c2s1. The molecule has 5 rings (SSSR count). The molecule has 19 heavy (non-hydrogen) atoms. The van der Waals surface area contributed by atoms with Crippen LogP contribution in [0.15, 0.2) is 33.4 Å². The topological polar surface area (TPSA) is 0 Å². The second kappa shape index (κ2) is 3.80. The van der Waals surface area contributed by atoms with Crippen molar-refractivity contribution in [3.63, 3.8) is 0 Å². The van der Waals surface area contributed by atoms with E-state index in [2.05, 4.69) is 45.6 Å². The molecule has 0 radical (unpaired) electrons. The molecule has 0 amide bonds. The lowest BCUT2D eigenvalue weighted by molar-refractivity contribution is 2.07. The average molecular weight is 381 g/mol. The minimum absolute atomic E-state index is 1.22. The van der Waals surface area contributed by atoms with Crippen molar-refractivity contribution in [1.29, 1.82) is 0 Å². The van der Waals surface area contributed by atoms with E-state index < -0.39 is 0 Å². The molecule has 0 saturated carbocycles. The zero-order valence-corrected chi connectivity index (χ0v) is 14.2. The van der Waals surface area contributed by atoms with E-state index in [1.54, 1.807) is 0 Å². The number of hydrogen-bond donors (Lipinski definition) is 0. The molecule has 0 nitrogen and oxygen atoms in total. The molecular weight excluding hydrogens is 376 g/mol. The summed E-state index contributed by atoms with van der Waals surface area (Å²) in [7, 11) is 0. The minimum Gasteiger partial charge on any atom is -0.142 e. The lowest BCUT2D eigenvalue weighted by atomic mass is 10.2. The van der Waals surface area contributed by atoms with E-state index in [9.17, 15) is 0 Å². The highest BCUT2D eigenvalue weighted by molar-refractivity contribution is 9.11. The molecule has 0 N–H and O–H groups in total. The van der Waals surface area contributed by atoms with Gasteiger partial charge in [-0.25, -0.2) is 0 Å². The fraction of sp³-hybridized carbons (Fsp3) is 0. The third-order valence-electron chi connectivity index (χ3n) is 3.32. The fourth-order valence-corrected chi connectivity index (χ4v) is 8.21. The highest BCUT2D eigenvalue weighted by Crippen LogP contribution is 2.48. The number of benzene rings is 1. The van der Waals surface area contributed by atoms with Crippen LogP contribution in [0.4, 0.5) is 0 Å². The van der Waals surface area contributed by atoms with Crippen molar-refractivity contribution in [3.05, 3.63) is 33.4 Å². The van der Waals surface area contributed by atoms with Crippen molar-refractivity contribution in [2.75, 3.05) is 0 Å². The molecule has 0 aliphatic heterocycles. The Balaban J connectivity index is 2.08. The van der Waals surface area contributed by atoms with E-state index in [0.717, 1.165) is 0 Å². The molecule has 4 heterocycles. The van der Waals surface area contributed by atoms with Crippen molar-refractivity contribution >= 4 is 100 Å². The Labute approximate surface area is 133 Å². The van der Waals surface area contributed by atoms with Gasteiger partial charge in [0.05, 0.1) is 22.6 Å². The van der Waals surface area contributed by atoms with Gasteiger partial charge in [0.1, 0.15) is 0 Å². The van der Waals surface area contributed by atoms with E-state index in [4.69, 9.17) is 0 Å². The smallest absolute Gasteiger partial charge is 0.0719 e. The van der Waals surface area contributed by atoms with Crippen LogP contribution in [0.3, 0.4) is 0 Å². The van der Waals surface area contributed by atoms with Gasteiger partial charge in [-0.2, -0.15) is 0 Å². The standard InChI is InChI=1S/C14H5BrS4/c15-10-5-9-12(19-10)7-2-1-6-11-8(3-4-16-11)17-13(6)14(7)18-9/h1-5H. The van der Waals surface area contributed by atoms with Gasteiger partial charge in [0.2, 0.25) is 0 Å². The fourth-order valence-electron chi connectivity index (χ4n) is 2.53. The van der Waals surface area contributed by atoms with Crippen LogP contribution in [-0.4, -0.2) is 0 Å². The third-order valence-corrected chi connectivity index (χ3v) is 8.69. The maximum Gasteiger partial charge on any atom is 0.0719 e. The molecule has 4 aromatic heterocycles. The second-order valence-corrected chi connectivity index (χ2v) is 9.83. The van der Waals surface area contributed by atoms with Crippen LogP contribution in [0.25, 0.3) is 39.0 Å². The molecule has 5 heteroatoms. The Kier molecular flexibility index (Phi) is 2.24. The predicted octanol–water partition coefficient (Wildman–Crippen LogP) is 7.31. The number of hydrogen-bond acceptors (Lipinski definition) is 4. The lowest BCUT2D eigenvalue weighted by Crippen LogP contribution is -1.64. The lowest BCUT2D eigenvalue weighted by Gasteiger charge is -1.92. The van der Waals surface area contributed by atoms with Gasteiger partial charge in [0, 0.05) is 20.2 Å². The molecule has 0 fully saturated rings. The van der Waals surface area contributed by atoms with Gasteiger partial charge in [0.15, 0.2) is 0 Å². The van der Waals surface area contributed by atoms with Gasteiger partial charge in [-0.05, 0) is 33.4 Å². The van der Waals surface area contributed by atoms with Crippen LogP contribution < -0.4 is 0 Å². The number of fused-ring (bicyclic) bond motifs is 7. The van der Waals surface area contributed by atoms with Gasteiger partial charge in [-0.1, -0.05) is 12.1 Å². The van der Waals surface area contributed by atoms with Crippen LogP contribution in [0.2, 0.25) is 0 Å². The zero-order chi connectivity index (χ0) is 12.6. The highest BCUT2D eigenvalue weighted by atomic mass is 79.9. The number of halogens is 1. The quantitative estimate of drug-likeness (QED) is 0.264. The molecule has 92 valence electrons. The molecular formula is C14H5BrS4. The summed E-state index contributed by atoms with van der Waals surface area (Å²) in [5.74, 6) is 0. The molecule has 0 saturated heterocycles. The number of rotatable bonds is 0. The van der Waals surface area contributed by atoms with E-state index in [0.29, 0.717) is 0 Å². The zero-order valence-electron chi connectivity index (χ0n) is 9.40. The maximum absolute atomic E-state index is 3.59. The van der Waals surface area contributed by atoms with Gasteiger partial charge in [-0.3, -0.25) is 0 Å². The van der Waals surface area contributed by atoms with Crippen LogP contribution in [0.1, 0.15) is 0 Å². The minimum atomic E-state index is 1.22. The molecule has 0 bridgehead atoms. The Hall–Kier alpha value is -0.460. The van der Waals surface area contributed by atoms with Gasteiger partial charge >= 0.3 is 0 Å². The van der Waals surface area contributed by atoms with E-state index in [-0.39, 0.29) is 0 Å². The second-order valence-electron chi connectivity index (χ2n) is 4.38. The van der Waals surface area contributed by atoms with Crippen LogP contribution in [0, 0.1) is 0 Å². The normalized spacial score (nSPS) is 12.5. The number of thiophene rings is 4. The summed E-state index contributed by atoms with van der Waals surface area (Å²) in [6.45, 7) is 0. The van der Waals surface area contributed by atoms with Crippen LogP contribution >= 0.6 is 61.3 Å². The van der Waals surface area contributed by atoms with E-state index in [1.165, 1.54) is 42.8 Å². The first-order chi connectivity index (χ1) is 9.31. The van der Waals surface area contributed by atoms with Crippen molar-refractivity contribution in [1.82, 2.24) is 0 Å². The Morgan fingerprint density at radius 1 is 0.737 bits per heavy atom. The van der Waals surface area contributed by atoms with E-state index >= 15 is 0 Å². The first-order valence-electron chi connectivity index (χ1n) is 5.71. The van der Waals surface area contributed by atoms with Crippen molar-refractivity contribution in [2.45, 2.75) is 0 Å². The van der Waals surface area contributed by atoms with Gasteiger partial charge < -0.3 is 0 Å². The summed E-state index contributed by atoms with van der Waals surface area (Å²) in [6, 6.07) is 9.08. The molecule has 0 spiro atoms. The van der Waals surface area contributed by atoms with Crippen molar-refractivity contribution in [3.8, 4) is 0 Å². The summed E-state index contributed by atoms with van der Waals surface area (Å²) in [6.07, 6.45) is 0. The molecule has 0 aliphatic carbocycles. The largest absolute Gasteiger partial charge is 0.142 e. The van der Waals surface area contributed by atoms with Gasteiger partial charge in [-0.15, -0.1) is 45.3 Å². The van der Waals surface area contributed by atoms with Crippen molar-refractivity contribution < 1.29 is 0 Å². The molecule has 0 aliphatic rings. The van der Waals surface area contributed by atoms with Crippen molar-refractivity contribution in [2.24, 2.45) is 0 Å². The van der Waals surface area contributed by atoms with Crippen LogP contribution in [0.5, 0.6) is 0 Å². The molecule has 1 aromatic carbocycles. The Morgan fingerprint density at radius 2 is 1.47 bits per heavy atom. The molecule has 5 aromatic rings. The molecule has 0 unspecified atom stereocenters. The monoisotopic (exact) mass is 380 g/mol.